The molecule has 2 nitrogen and oxygen atoms in total. The number of hydrogen-bond acceptors (Lipinski definition) is 2. The highest BCUT2D eigenvalue weighted by molar-refractivity contribution is 5.58. The van der Waals surface area contributed by atoms with E-state index >= 15 is 0 Å². The molecule has 0 unspecified atom stereocenters. The Balaban J connectivity index is 2.33. The van der Waals surface area contributed by atoms with Crippen molar-refractivity contribution in [2.75, 3.05) is 6.54 Å². The summed E-state index contributed by atoms with van der Waals surface area (Å²) >= 11 is 0. The second-order valence-electron chi connectivity index (χ2n) is 3.42. The van der Waals surface area contributed by atoms with E-state index in [1.54, 1.807) is 0 Å². The maximum absolute atomic E-state index is 5.51. The first kappa shape index (κ1) is 9.87. The van der Waals surface area contributed by atoms with Crippen molar-refractivity contribution < 1.29 is 0 Å². The molecule has 1 heterocycles. The van der Waals surface area contributed by atoms with E-state index in [2.05, 4.69) is 17.1 Å². The molecule has 0 saturated carbocycles. The van der Waals surface area contributed by atoms with Crippen molar-refractivity contribution in [3.63, 3.8) is 0 Å². The third kappa shape index (κ3) is 2.42. The smallest absolute Gasteiger partial charge is 0.0705 e. The number of benzene rings is 1. The third-order valence-corrected chi connectivity index (χ3v) is 2.28. The van der Waals surface area contributed by atoms with Gasteiger partial charge in [-0.1, -0.05) is 36.4 Å². The predicted octanol–water partition coefficient (Wildman–Crippen LogP) is 2.25. The van der Waals surface area contributed by atoms with Gasteiger partial charge in [-0.25, -0.2) is 0 Å². The maximum Gasteiger partial charge on any atom is 0.0705 e. The van der Waals surface area contributed by atoms with Gasteiger partial charge < -0.3 is 5.73 Å². The topological polar surface area (TPSA) is 38.9 Å². The minimum absolute atomic E-state index is 0.644. The molecule has 1 aromatic heterocycles. The Morgan fingerprint density at radius 2 is 1.73 bits per heavy atom. The van der Waals surface area contributed by atoms with Gasteiger partial charge in [0.1, 0.15) is 0 Å². The standard InChI is InChI=1S/C13H14N2/c14-10-9-12-7-4-8-13(15-12)11-5-2-1-3-6-11/h1-8H,9-10,14H2. The highest BCUT2D eigenvalue weighted by Crippen LogP contribution is 2.16. The Morgan fingerprint density at radius 1 is 0.933 bits per heavy atom. The molecule has 0 amide bonds. The van der Waals surface area contributed by atoms with Crippen LogP contribution in [-0.2, 0) is 6.42 Å². The first-order chi connectivity index (χ1) is 7.40. The molecule has 76 valence electrons. The second kappa shape index (κ2) is 4.71. The lowest BCUT2D eigenvalue weighted by Gasteiger charge is -2.03. The molecular weight excluding hydrogens is 184 g/mol. The second-order valence-corrected chi connectivity index (χ2v) is 3.42. The zero-order valence-electron chi connectivity index (χ0n) is 8.56. The number of rotatable bonds is 3. The lowest BCUT2D eigenvalue weighted by Crippen LogP contribution is -2.04. The van der Waals surface area contributed by atoms with Gasteiger partial charge >= 0.3 is 0 Å². The van der Waals surface area contributed by atoms with Gasteiger partial charge in [0.05, 0.1) is 5.69 Å². The molecule has 2 rings (SSSR count). The molecule has 0 fully saturated rings. The number of hydrogen-bond donors (Lipinski definition) is 1. The zero-order chi connectivity index (χ0) is 10.5. The van der Waals surface area contributed by atoms with E-state index in [0.717, 1.165) is 23.4 Å². The van der Waals surface area contributed by atoms with Crippen LogP contribution in [0, 0.1) is 0 Å². The Labute approximate surface area is 89.8 Å². The lowest BCUT2D eigenvalue weighted by atomic mass is 10.1. The van der Waals surface area contributed by atoms with E-state index in [9.17, 15) is 0 Å². The fraction of sp³-hybridized carbons (Fsp3) is 0.154. The quantitative estimate of drug-likeness (QED) is 0.821. The van der Waals surface area contributed by atoms with Crippen LogP contribution >= 0.6 is 0 Å². The molecular formula is C13H14N2. The molecule has 0 atom stereocenters. The van der Waals surface area contributed by atoms with E-state index in [0.29, 0.717) is 6.54 Å². The van der Waals surface area contributed by atoms with Crippen LogP contribution in [0.15, 0.2) is 48.5 Å². The van der Waals surface area contributed by atoms with Gasteiger partial charge in [-0.05, 0) is 18.7 Å². The molecule has 1 aromatic carbocycles. The van der Waals surface area contributed by atoms with E-state index in [4.69, 9.17) is 5.73 Å². The summed E-state index contributed by atoms with van der Waals surface area (Å²) in [5.74, 6) is 0. The summed E-state index contributed by atoms with van der Waals surface area (Å²) in [6.07, 6.45) is 0.834. The van der Waals surface area contributed by atoms with Crippen molar-refractivity contribution in [3.05, 3.63) is 54.2 Å². The van der Waals surface area contributed by atoms with Gasteiger partial charge in [0.15, 0.2) is 0 Å². The molecule has 0 bridgehead atoms. The van der Waals surface area contributed by atoms with Gasteiger partial charge in [-0.2, -0.15) is 0 Å². The van der Waals surface area contributed by atoms with E-state index in [1.807, 2.05) is 36.4 Å². The first-order valence-corrected chi connectivity index (χ1v) is 5.11. The summed E-state index contributed by atoms with van der Waals surface area (Å²) in [5.41, 5.74) is 8.73. The summed E-state index contributed by atoms with van der Waals surface area (Å²) in [6, 6.07) is 16.2. The van der Waals surface area contributed by atoms with Crippen LogP contribution < -0.4 is 5.73 Å². The summed E-state index contributed by atoms with van der Waals surface area (Å²) in [6.45, 7) is 0.644. The Morgan fingerprint density at radius 3 is 2.47 bits per heavy atom. The Kier molecular flexibility index (Phi) is 3.10. The zero-order valence-corrected chi connectivity index (χ0v) is 8.56. The number of pyridine rings is 1. The van der Waals surface area contributed by atoms with Crippen LogP contribution in [0.5, 0.6) is 0 Å². The van der Waals surface area contributed by atoms with Crippen LogP contribution in [0.1, 0.15) is 5.69 Å². The molecule has 15 heavy (non-hydrogen) atoms. The van der Waals surface area contributed by atoms with Crippen molar-refractivity contribution >= 4 is 0 Å². The first-order valence-electron chi connectivity index (χ1n) is 5.11. The van der Waals surface area contributed by atoms with Crippen molar-refractivity contribution in [1.82, 2.24) is 4.98 Å². The summed E-state index contributed by atoms with van der Waals surface area (Å²) in [7, 11) is 0. The van der Waals surface area contributed by atoms with Crippen molar-refractivity contribution in [3.8, 4) is 11.3 Å². The van der Waals surface area contributed by atoms with Gasteiger partial charge in [-0.15, -0.1) is 0 Å². The van der Waals surface area contributed by atoms with Crippen molar-refractivity contribution in [2.45, 2.75) is 6.42 Å². The van der Waals surface area contributed by atoms with E-state index < -0.39 is 0 Å². The number of nitrogens with zero attached hydrogens (tertiary/aromatic N) is 1. The van der Waals surface area contributed by atoms with Crippen LogP contribution in [0.3, 0.4) is 0 Å². The van der Waals surface area contributed by atoms with Crippen LogP contribution in [0.4, 0.5) is 0 Å². The fourth-order valence-corrected chi connectivity index (χ4v) is 1.54. The number of aromatic nitrogens is 1. The third-order valence-electron chi connectivity index (χ3n) is 2.28. The highest BCUT2D eigenvalue weighted by Gasteiger charge is 1.99. The van der Waals surface area contributed by atoms with Crippen LogP contribution in [-0.4, -0.2) is 11.5 Å². The fourth-order valence-electron chi connectivity index (χ4n) is 1.54. The van der Waals surface area contributed by atoms with E-state index in [1.165, 1.54) is 0 Å². The maximum atomic E-state index is 5.51. The van der Waals surface area contributed by atoms with E-state index in [-0.39, 0.29) is 0 Å². The van der Waals surface area contributed by atoms with Gasteiger partial charge in [-0.3, -0.25) is 4.98 Å². The molecule has 0 aliphatic carbocycles. The average molecular weight is 198 g/mol. The molecule has 2 aromatic rings. The largest absolute Gasteiger partial charge is 0.330 e. The predicted molar refractivity (Wildman–Crippen MR) is 62.4 cm³/mol. The summed E-state index contributed by atoms with van der Waals surface area (Å²) in [4.78, 5) is 4.55. The van der Waals surface area contributed by atoms with Crippen LogP contribution in [0.2, 0.25) is 0 Å². The Hall–Kier alpha value is -1.67. The van der Waals surface area contributed by atoms with Crippen molar-refractivity contribution in [1.29, 1.82) is 0 Å². The monoisotopic (exact) mass is 198 g/mol. The minimum atomic E-state index is 0.644. The van der Waals surface area contributed by atoms with Gasteiger partial charge in [0.25, 0.3) is 0 Å². The molecule has 2 N–H and O–H groups in total. The molecule has 0 saturated heterocycles. The van der Waals surface area contributed by atoms with Gasteiger partial charge in [0, 0.05) is 17.7 Å². The number of nitrogens with two attached hydrogens (primary N) is 1. The van der Waals surface area contributed by atoms with Gasteiger partial charge in [0.2, 0.25) is 0 Å². The average Bonchev–Trinajstić information content (AvgIpc) is 2.31. The highest BCUT2D eigenvalue weighted by atomic mass is 14.7. The molecule has 2 heteroatoms. The molecule has 0 aliphatic heterocycles. The lowest BCUT2D eigenvalue weighted by molar-refractivity contribution is 0.925. The van der Waals surface area contributed by atoms with Crippen molar-refractivity contribution in [2.24, 2.45) is 5.73 Å². The molecule has 0 aliphatic rings. The summed E-state index contributed by atoms with van der Waals surface area (Å²) < 4.78 is 0. The van der Waals surface area contributed by atoms with Crippen LogP contribution in [0.25, 0.3) is 11.3 Å². The normalized spacial score (nSPS) is 10.2. The minimum Gasteiger partial charge on any atom is -0.330 e. The summed E-state index contributed by atoms with van der Waals surface area (Å²) in [5, 5.41) is 0. The SMILES string of the molecule is NCCc1cccc(-c2ccccc2)n1. The Bertz CT molecular complexity index is 424. The molecule has 0 radical (unpaired) electrons. The molecule has 0 spiro atoms.